The highest BCUT2D eigenvalue weighted by atomic mass is 32.2. The molecule has 0 saturated carbocycles. The Hall–Kier alpha value is -2.35. The SMILES string of the molecule is O=C(O)Cn1ccc2cc(NC(=O)C3CCS(=O)(=O)CC3)ccc21. The third-order valence-corrected chi connectivity index (χ3v) is 5.98. The molecule has 1 aliphatic rings. The highest BCUT2D eigenvalue weighted by Gasteiger charge is 2.28. The van der Waals surface area contributed by atoms with E-state index in [2.05, 4.69) is 5.32 Å². The number of nitrogens with one attached hydrogen (secondary N) is 1. The molecule has 2 aromatic rings. The number of sulfone groups is 1. The molecule has 0 radical (unpaired) electrons. The normalized spacial score (nSPS) is 17.7. The van der Waals surface area contributed by atoms with Crippen molar-refractivity contribution in [2.75, 3.05) is 16.8 Å². The Labute approximate surface area is 139 Å². The van der Waals surface area contributed by atoms with Crippen LogP contribution in [0, 0.1) is 5.92 Å². The molecule has 0 spiro atoms. The summed E-state index contributed by atoms with van der Waals surface area (Å²) in [5.74, 6) is -1.27. The number of benzene rings is 1. The minimum absolute atomic E-state index is 0.0577. The zero-order valence-corrected chi connectivity index (χ0v) is 13.8. The smallest absolute Gasteiger partial charge is 0.323 e. The number of carbonyl (C=O) groups excluding carboxylic acids is 1. The van der Waals surface area contributed by atoms with Gasteiger partial charge in [0.1, 0.15) is 16.4 Å². The Morgan fingerprint density at radius 1 is 1.21 bits per heavy atom. The first kappa shape index (κ1) is 16.5. The number of carbonyl (C=O) groups is 2. The predicted molar refractivity (Wildman–Crippen MR) is 89.6 cm³/mol. The van der Waals surface area contributed by atoms with Gasteiger partial charge in [-0.1, -0.05) is 0 Å². The van der Waals surface area contributed by atoms with E-state index in [1.165, 1.54) is 0 Å². The van der Waals surface area contributed by atoms with Crippen LogP contribution in [0.4, 0.5) is 5.69 Å². The molecule has 1 aromatic carbocycles. The lowest BCUT2D eigenvalue weighted by molar-refractivity contribution is -0.137. The second kappa shape index (κ2) is 6.27. The lowest BCUT2D eigenvalue weighted by Crippen LogP contribution is -2.31. The molecule has 2 N–H and O–H groups in total. The van der Waals surface area contributed by atoms with Crippen molar-refractivity contribution < 1.29 is 23.1 Å². The zero-order valence-electron chi connectivity index (χ0n) is 12.9. The largest absolute Gasteiger partial charge is 0.480 e. The van der Waals surface area contributed by atoms with Gasteiger partial charge < -0.3 is 15.0 Å². The van der Waals surface area contributed by atoms with Gasteiger partial charge in [-0.15, -0.1) is 0 Å². The Morgan fingerprint density at radius 2 is 1.92 bits per heavy atom. The summed E-state index contributed by atoms with van der Waals surface area (Å²) in [5, 5.41) is 12.5. The Bertz CT molecular complexity index is 886. The van der Waals surface area contributed by atoms with Gasteiger partial charge in [0.05, 0.1) is 11.5 Å². The molecule has 24 heavy (non-hydrogen) atoms. The number of amides is 1. The second-order valence-corrected chi connectivity index (χ2v) is 8.33. The van der Waals surface area contributed by atoms with E-state index in [4.69, 9.17) is 5.11 Å². The van der Waals surface area contributed by atoms with Crippen LogP contribution in [0.25, 0.3) is 10.9 Å². The van der Waals surface area contributed by atoms with Crippen molar-refractivity contribution in [3.05, 3.63) is 30.5 Å². The summed E-state index contributed by atoms with van der Waals surface area (Å²) in [6.45, 7) is -0.119. The molecule has 1 amide bonds. The van der Waals surface area contributed by atoms with Gasteiger partial charge in [0, 0.05) is 28.7 Å². The molecular weight excluding hydrogens is 332 g/mol. The standard InChI is InChI=1S/C16H18N2O5S/c19-15(20)10-18-6-3-12-9-13(1-2-14(12)18)17-16(21)11-4-7-24(22,23)8-5-11/h1-3,6,9,11H,4-5,7-8,10H2,(H,17,21)(H,19,20). The molecule has 1 aromatic heterocycles. The van der Waals surface area contributed by atoms with Gasteiger partial charge in [0.25, 0.3) is 0 Å². The van der Waals surface area contributed by atoms with Crippen molar-refractivity contribution >= 4 is 38.3 Å². The van der Waals surface area contributed by atoms with Gasteiger partial charge in [0.2, 0.25) is 5.91 Å². The van der Waals surface area contributed by atoms with E-state index >= 15 is 0 Å². The minimum atomic E-state index is -2.99. The van der Waals surface area contributed by atoms with Crippen LogP contribution in [0.5, 0.6) is 0 Å². The Kier molecular flexibility index (Phi) is 4.31. The maximum absolute atomic E-state index is 12.3. The van der Waals surface area contributed by atoms with Crippen LogP contribution in [0.3, 0.4) is 0 Å². The average molecular weight is 350 g/mol. The number of hydrogen-bond donors (Lipinski definition) is 2. The lowest BCUT2D eigenvalue weighted by atomic mass is 10.0. The van der Waals surface area contributed by atoms with Crippen LogP contribution in [-0.4, -0.2) is 41.5 Å². The van der Waals surface area contributed by atoms with Crippen LogP contribution in [0.15, 0.2) is 30.5 Å². The van der Waals surface area contributed by atoms with Crippen molar-refractivity contribution in [3.8, 4) is 0 Å². The molecule has 1 saturated heterocycles. The third-order valence-electron chi connectivity index (χ3n) is 4.27. The maximum atomic E-state index is 12.3. The first-order valence-corrected chi connectivity index (χ1v) is 9.48. The summed E-state index contributed by atoms with van der Waals surface area (Å²) in [6, 6.07) is 7.06. The van der Waals surface area contributed by atoms with E-state index in [1.54, 1.807) is 35.0 Å². The minimum Gasteiger partial charge on any atom is -0.480 e. The van der Waals surface area contributed by atoms with E-state index in [0.717, 1.165) is 10.9 Å². The van der Waals surface area contributed by atoms with Crippen LogP contribution >= 0.6 is 0 Å². The number of fused-ring (bicyclic) bond motifs is 1. The van der Waals surface area contributed by atoms with Crippen molar-refractivity contribution in [1.29, 1.82) is 0 Å². The molecule has 0 atom stereocenters. The number of carboxylic acids is 1. The van der Waals surface area contributed by atoms with E-state index in [-0.39, 0.29) is 29.9 Å². The summed E-state index contributed by atoms with van der Waals surface area (Å²) in [5.41, 5.74) is 1.40. The third kappa shape index (κ3) is 3.59. The molecule has 3 rings (SSSR count). The molecule has 128 valence electrons. The maximum Gasteiger partial charge on any atom is 0.323 e. The van der Waals surface area contributed by atoms with Gasteiger partial charge in [-0.25, -0.2) is 8.42 Å². The number of hydrogen-bond acceptors (Lipinski definition) is 4. The van der Waals surface area contributed by atoms with E-state index in [9.17, 15) is 18.0 Å². The molecule has 1 fully saturated rings. The van der Waals surface area contributed by atoms with E-state index in [1.807, 2.05) is 0 Å². The first-order valence-electron chi connectivity index (χ1n) is 7.66. The number of aliphatic carboxylic acids is 1. The molecule has 0 aliphatic carbocycles. The number of anilines is 1. The van der Waals surface area contributed by atoms with E-state index in [0.29, 0.717) is 18.5 Å². The quantitative estimate of drug-likeness (QED) is 0.869. The fourth-order valence-corrected chi connectivity index (χ4v) is 4.45. The van der Waals surface area contributed by atoms with Gasteiger partial charge in [0.15, 0.2) is 0 Å². The summed E-state index contributed by atoms with van der Waals surface area (Å²) in [4.78, 5) is 23.1. The fraction of sp³-hybridized carbons (Fsp3) is 0.375. The van der Waals surface area contributed by atoms with Crippen LogP contribution in [0.1, 0.15) is 12.8 Å². The number of rotatable bonds is 4. The van der Waals surface area contributed by atoms with E-state index < -0.39 is 15.8 Å². The number of nitrogens with zero attached hydrogens (tertiary/aromatic N) is 1. The van der Waals surface area contributed by atoms with Gasteiger partial charge in [-0.05, 0) is 37.1 Å². The van der Waals surface area contributed by atoms with Gasteiger partial charge in [-0.2, -0.15) is 0 Å². The summed E-state index contributed by atoms with van der Waals surface area (Å²) < 4.78 is 24.5. The Morgan fingerprint density at radius 3 is 2.58 bits per heavy atom. The average Bonchev–Trinajstić information content (AvgIpc) is 2.88. The van der Waals surface area contributed by atoms with Crippen LogP contribution < -0.4 is 5.32 Å². The molecule has 2 heterocycles. The second-order valence-electron chi connectivity index (χ2n) is 6.03. The van der Waals surface area contributed by atoms with Gasteiger partial charge >= 0.3 is 5.97 Å². The molecule has 8 heteroatoms. The van der Waals surface area contributed by atoms with Crippen molar-refractivity contribution in [1.82, 2.24) is 4.57 Å². The monoisotopic (exact) mass is 350 g/mol. The molecular formula is C16H18N2O5S. The first-order chi connectivity index (χ1) is 11.3. The van der Waals surface area contributed by atoms with Crippen LogP contribution in [0.2, 0.25) is 0 Å². The summed E-state index contributed by atoms with van der Waals surface area (Å²) in [6.07, 6.45) is 2.40. The van der Waals surface area contributed by atoms with Crippen molar-refractivity contribution in [3.63, 3.8) is 0 Å². The fourth-order valence-electron chi connectivity index (χ4n) is 2.96. The lowest BCUT2D eigenvalue weighted by Gasteiger charge is -2.21. The highest BCUT2D eigenvalue weighted by Crippen LogP contribution is 2.24. The highest BCUT2D eigenvalue weighted by molar-refractivity contribution is 7.91. The van der Waals surface area contributed by atoms with Crippen molar-refractivity contribution in [2.24, 2.45) is 5.92 Å². The molecule has 0 bridgehead atoms. The van der Waals surface area contributed by atoms with Crippen molar-refractivity contribution in [2.45, 2.75) is 19.4 Å². The molecule has 7 nitrogen and oxygen atoms in total. The summed E-state index contributed by atoms with van der Waals surface area (Å²) >= 11 is 0. The topological polar surface area (TPSA) is 105 Å². The predicted octanol–water partition coefficient (Wildman–Crippen LogP) is 1.49. The molecule has 1 aliphatic heterocycles. The zero-order chi connectivity index (χ0) is 17.3. The molecule has 0 unspecified atom stereocenters. The number of aromatic nitrogens is 1. The summed E-state index contributed by atoms with van der Waals surface area (Å²) in [7, 11) is -2.99. The van der Waals surface area contributed by atoms with Gasteiger partial charge in [-0.3, -0.25) is 9.59 Å². The number of carboxylic acid groups (broad SMARTS) is 1. The van der Waals surface area contributed by atoms with Crippen LogP contribution in [-0.2, 0) is 26.0 Å². The Balaban J connectivity index is 1.71.